The predicted octanol–water partition coefficient (Wildman–Crippen LogP) is 0.424. The van der Waals surface area contributed by atoms with Crippen LogP contribution in [0.1, 0.15) is 30.4 Å². The molecule has 2 fully saturated rings. The standard InChI is InChI=1S/C21H23N3O4/c1-24-5-4-20-10-16-12(6-14(18(22)26)19(27)23-16)9-21(20,28)17(24)7-11-2-3-13(25)8-15(11)20/h2-3,6,8,12,17,25,28H,4-5,7,9-10H2,1H3,(H2,22,26)/t12?,17-,20-,21-/m1/s1. The molecule has 2 bridgehead atoms. The van der Waals surface area contributed by atoms with Gasteiger partial charge in [0.15, 0.2) is 0 Å². The molecule has 0 aromatic heterocycles. The number of allylic oxidation sites excluding steroid dienone is 1. The van der Waals surface area contributed by atoms with E-state index in [0.29, 0.717) is 31.4 Å². The van der Waals surface area contributed by atoms with Crippen molar-refractivity contribution < 1.29 is 19.8 Å². The zero-order valence-corrected chi connectivity index (χ0v) is 15.7. The van der Waals surface area contributed by atoms with E-state index in [0.717, 1.165) is 17.7 Å². The summed E-state index contributed by atoms with van der Waals surface area (Å²) in [5.74, 6) is -1.49. The van der Waals surface area contributed by atoms with Crippen molar-refractivity contribution in [3.8, 4) is 5.75 Å². The number of dihydropyridines is 1. The summed E-state index contributed by atoms with van der Waals surface area (Å²) in [6.07, 6.45) is 3.79. The van der Waals surface area contributed by atoms with Crippen LogP contribution in [0, 0.1) is 5.92 Å². The van der Waals surface area contributed by atoms with Gasteiger partial charge in [-0.3, -0.25) is 9.59 Å². The normalized spacial score (nSPS) is 36.6. The van der Waals surface area contributed by atoms with Crippen LogP contribution in [0.25, 0.3) is 0 Å². The molecular formula is C21H23N3O4. The molecule has 7 heteroatoms. The molecule has 2 aliphatic carbocycles. The molecule has 2 heterocycles. The lowest BCUT2D eigenvalue weighted by molar-refractivity contribution is -0.152. The van der Waals surface area contributed by atoms with Crippen LogP contribution in [0.3, 0.4) is 0 Å². The van der Waals surface area contributed by atoms with Crippen molar-refractivity contribution in [1.82, 2.24) is 4.90 Å². The maximum absolute atomic E-state index is 12.3. The minimum atomic E-state index is -1.05. The lowest BCUT2D eigenvalue weighted by atomic mass is 9.47. The summed E-state index contributed by atoms with van der Waals surface area (Å²) in [5, 5.41) is 22.2. The van der Waals surface area contributed by atoms with E-state index in [4.69, 9.17) is 5.73 Å². The molecule has 4 aliphatic rings. The number of hydrogen-bond acceptors (Lipinski definition) is 5. The second kappa shape index (κ2) is 5.52. The Labute approximate surface area is 162 Å². The van der Waals surface area contributed by atoms with Gasteiger partial charge in [0.05, 0.1) is 5.60 Å². The molecule has 2 aliphatic heterocycles. The van der Waals surface area contributed by atoms with Crippen molar-refractivity contribution in [2.45, 2.75) is 42.7 Å². The third-order valence-electron chi connectivity index (χ3n) is 7.38. The van der Waals surface area contributed by atoms with E-state index in [1.165, 1.54) is 0 Å². The van der Waals surface area contributed by atoms with Crippen LogP contribution in [0.2, 0.25) is 0 Å². The number of nitrogens with zero attached hydrogens (tertiary/aromatic N) is 2. The van der Waals surface area contributed by atoms with Gasteiger partial charge in [0, 0.05) is 23.1 Å². The Kier molecular flexibility index (Phi) is 3.46. The van der Waals surface area contributed by atoms with Crippen LogP contribution >= 0.6 is 0 Å². The van der Waals surface area contributed by atoms with Crippen LogP contribution in [0.4, 0.5) is 0 Å². The number of carbonyl (C=O) groups excluding carboxylic acids is 2. The van der Waals surface area contributed by atoms with Crippen molar-refractivity contribution >= 4 is 17.5 Å². The summed E-state index contributed by atoms with van der Waals surface area (Å²) in [5.41, 5.74) is 6.35. The number of likely N-dealkylation sites (tertiary alicyclic amines) is 1. The van der Waals surface area contributed by atoms with Gasteiger partial charge in [-0.1, -0.05) is 12.1 Å². The number of aliphatic imine (C=N–C) groups is 1. The molecule has 1 aromatic rings. The van der Waals surface area contributed by atoms with Crippen LogP contribution in [-0.2, 0) is 21.4 Å². The second-order valence-electron chi connectivity index (χ2n) is 8.64. The van der Waals surface area contributed by atoms with Gasteiger partial charge in [0.2, 0.25) is 0 Å². The average molecular weight is 381 g/mol. The minimum absolute atomic E-state index is 0.0806. The first-order valence-electron chi connectivity index (χ1n) is 9.63. The quantitative estimate of drug-likeness (QED) is 0.610. The number of nitrogens with two attached hydrogens (primary N) is 1. The van der Waals surface area contributed by atoms with E-state index in [9.17, 15) is 19.8 Å². The first-order valence-corrected chi connectivity index (χ1v) is 9.63. The van der Waals surface area contributed by atoms with Gasteiger partial charge in [0.1, 0.15) is 11.3 Å². The number of aromatic hydroxyl groups is 1. The van der Waals surface area contributed by atoms with E-state index in [1.807, 2.05) is 13.1 Å². The Bertz CT molecular complexity index is 984. The fraction of sp³-hybridized carbons (Fsp3) is 0.476. The molecule has 0 radical (unpaired) electrons. The molecule has 146 valence electrons. The SMILES string of the molecule is CN1CC[C@]23CC4=NC(=O)C(C(N)=O)=CC4C[C@@]2(O)[C@H]1Cc1ccc(O)cc13. The first kappa shape index (κ1) is 17.6. The van der Waals surface area contributed by atoms with Crippen LogP contribution in [0.15, 0.2) is 34.8 Å². The van der Waals surface area contributed by atoms with E-state index >= 15 is 0 Å². The van der Waals surface area contributed by atoms with Gasteiger partial charge in [-0.15, -0.1) is 0 Å². The van der Waals surface area contributed by atoms with Crippen molar-refractivity contribution in [3.63, 3.8) is 0 Å². The zero-order chi connectivity index (χ0) is 19.8. The third-order valence-corrected chi connectivity index (χ3v) is 7.38. The molecule has 1 aromatic carbocycles. The van der Waals surface area contributed by atoms with Crippen molar-refractivity contribution in [1.29, 1.82) is 0 Å². The van der Waals surface area contributed by atoms with Gasteiger partial charge >= 0.3 is 0 Å². The highest BCUT2D eigenvalue weighted by Crippen LogP contribution is 2.59. The molecule has 0 spiro atoms. The topological polar surface area (TPSA) is 116 Å². The molecule has 4 N–H and O–H groups in total. The molecule has 2 amide bonds. The summed E-state index contributed by atoms with van der Waals surface area (Å²) >= 11 is 0. The Morgan fingerprint density at radius 2 is 2.18 bits per heavy atom. The van der Waals surface area contributed by atoms with Gasteiger partial charge in [-0.25, -0.2) is 4.99 Å². The number of rotatable bonds is 1. The second-order valence-corrected chi connectivity index (χ2v) is 8.64. The molecular weight excluding hydrogens is 358 g/mol. The number of aliphatic hydroxyl groups is 1. The number of primary amides is 1. The van der Waals surface area contributed by atoms with Gasteiger partial charge in [-0.05, 0) is 62.5 Å². The van der Waals surface area contributed by atoms with Crippen LogP contribution in [0.5, 0.6) is 5.75 Å². The van der Waals surface area contributed by atoms with Gasteiger partial charge in [-0.2, -0.15) is 0 Å². The number of benzene rings is 1. The Hall–Kier alpha value is -2.51. The monoisotopic (exact) mass is 381 g/mol. The average Bonchev–Trinajstić information content (AvgIpc) is 2.63. The third kappa shape index (κ3) is 2.08. The highest BCUT2D eigenvalue weighted by Gasteiger charge is 2.65. The fourth-order valence-electron chi connectivity index (χ4n) is 6.00. The summed E-state index contributed by atoms with van der Waals surface area (Å²) in [6, 6.07) is 5.30. The summed E-state index contributed by atoms with van der Waals surface area (Å²) < 4.78 is 0. The Morgan fingerprint density at radius 1 is 1.39 bits per heavy atom. The van der Waals surface area contributed by atoms with Crippen molar-refractivity contribution in [2.24, 2.45) is 16.6 Å². The lowest BCUT2D eigenvalue weighted by Crippen LogP contribution is -2.73. The minimum Gasteiger partial charge on any atom is -0.508 e. The smallest absolute Gasteiger partial charge is 0.282 e. The van der Waals surface area contributed by atoms with Crippen molar-refractivity contribution in [2.75, 3.05) is 13.6 Å². The number of likely N-dealkylation sites (N-methyl/N-ethyl adjacent to an activating group) is 1. The molecule has 1 saturated heterocycles. The number of fused-ring (bicyclic) bond motifs is 2. The molecule has 4 atom stereocenters. The number of phenolic OH excluding ortho intramolecular Hbond substituents is 1. The molecule has 28 heavy (non-hydrogen) atoms. The lowest BCUT2D eigenvalue weighted by Gasteiger charge is -2.64. The Balaban J connectivity index is 1.70. The number of piperidine rings is 1. The zero-order valence-electron chi connectivity index (χ0n) is 15.7. The molecule has 1 saturated carbocycles. The maximum Gasteiger partial charge on any atom is 0.282 e. The van der Waals surface area contributed by atoms with Crippen LogP contribution < -0.4 is 5.73 Å². The number of phenols is 1. The Morgan fingerprint density at radius 3 is 2.93 bits per heavy atom. The van der Waals surface area contributed by atoms with Gasteiger partial charge < -0.3 is 20.8 Å². The van der Waals surface area contributed by atoms with Crippen molar-refractivity contribution in [3.05, 3.63) is 41.0 Å². The predicted molar refractivity (Wildman–Crippen MR) is 102 cm³/mol. The highest BCUT2D eigenvalue weighted by molar-refractivity contribution is 6.23. The number of amides is 2. The molecule has 7 nitrogen and oxygen atoms in total. The number of carbonyl (C=O) groups is 2. The van der Waals surface area contributed by atoms with Crippen LogP contribution in [-0.4, -0.2) is 57.9 Å². The summed E-state index contributed by atoms with van der Waals surface area (Å²) in [6.45, 7) is 0.816. The van der Waals surface area contributed by atoms with E-state index < -0.39 is 22.8 Å². The first-order chi connectivity index (χ1) is 13.2. The summed E-state index contributed by atoms with van der Waals surface area (Å²) in [7, 11) is 2.02. The van der Waals surface area contributed by atoms with E-state index in [2.05, 4.69) is 9.89 Å². The summed E-state index contributed by atoms with van der Waals surface area (Å²) in [4.78, 5) is 30.3. The molecule has 5 rings (SSSR count). The largest absolute Gasteiger partial charge is 0.508 e. The maximum atomic E-state index is 12.3. The van der Waals surface area contributed by atoms with Gasteiger partial charge in [0.25, 0.3) is 11.8 Å². The highest BCUT2D eigenvalue weighted by atomic mass is 16.3. The van der Waals surface area contributed by atoms with E-state index in [1.54, 1.807) is 18.2 Å². The number of hydrogen-bond donors (Lipinski definition) is 3. The van der Waals surface area contributed by atoms with E-state index in [-0.39, 0.29) is 23.3 Å². The molecule has 1 unspecified atom stereocenters. The fourth-order valence-corrected chi connectivity index (χ4v) is 6.00.